The highest BCUT2D eigenvalue weighted by molar-refractivity contribution is 5.45. The van der Waals surface area contributed by atoms with Gasteiger partial charge in [0.1, 0.15) is 0 Å². The lowest BCUT2D eigenvalue weighted by molar-refractivity contribution is 0.413. The zero-order valence-electron chi connectivity index (χ0n) is 9.98. The van der Waals surface area contributed by atoms with E-state index < -0.39 is 0 Å². The summed E-state index contributed by atoms with van der Waals surface area (Å²) in [4.78, 5) is 4.38. The van der Waals surface area contributed by atoms with Crippen molar-refractivity contribution in [1.29, 1.82) is 5.26 Å². The Balaban J connectivity index is 2.60. The molecule has 1 radical (unpaired) electrons. The van der Waals surface area contributed by atoms with Gasteiger partial charge in [-0.3, -0.25) is 0 Å². The Morgan fingerprint density at radius 2 is 1.88 bits per heavy atom. The quantitative estimate of drug-likeness (QED) is 0.726. The smallest absolute Gasteiger partial charge is 0.0640 e. The standard InChI is InChI=1S/C13H18N3/c1-15(2)11-12-16(10-6-9-14)13-7-4-3-5-8-13/h4-5,7-8H,6,10-12H2,1-2H3. The molecule has 0 heterocycles. The van der Waals surface area contributed by atoms with E-state index in [0.717, 1.165) is 25.3 Å². The van der Waals surface area contributed by atoms with Crippen molar-refractivity contribution in [3.05, 3.63) is 30.3 Å². The fourth-order valence-corrected chi connectivity index (χ4v) is 1.46. The lowest BCUT2D eigenvalue weighted by Crippen LogP contribution is -2.32. The second kappa shape index (κ2) is 6.86. The molecule has 3 heteroatoms. The van der Waals surface area contributed by atoms with Crippen LogP contribution in [0, 0.1) is 17.4 Å². The Kier molecular flexibility index (Phi) is 5.38. The maximum atomic E-state index is 8.65. The molecule has 1 aromatic carbocycles. The minimum absolute atomic E-state index is 0.562. The summed E-state index contributed by atoms with van der Waals surface area (Å²) in [6.07, 6.45) is 0.562. The van der Waals surface area contributed by atoms with Gasteiger partial charge in [0.05, 0.1) is 12.5 Å². The summed E-state index contributed by atoms with van der Waals surface area (Å²) < 4.78 is 0. The Morgan fingerprint density at radius 3 is 2.44 bits per heavy atom. The van der Waals surface area contributed by atoms with Crippen molar-refractivity contribution in [1.82, 2.24) is 4.90 Å². The summed E-state index contributed by atoms with van der Waals surface area (Å²) in [5, 5.41) is 8.65. The van der Waals surface area contributed by atoms with E-state index in [0.29, 0.717) is 6.42 Å². The second-order valence-corrected chi connectivity index (χ2v) is 3.96. The van der Waals surface area contributed by atoms with E-state index in [-0.39, 0.29) is 0 Å². The number of anilines is 1. The van der Waals surface area contributed by atoms with E-state index in [2.05, 4.69) is 36.0 Å². The predicted molar refractivity (Wildman–Crippen MR) is 66.3 cm³/mol. The van der Waals surface area contributed by atoms with Crippen LogP contribution in [0.4, 0.5) is 5.69 Å². The number of hydrogen-bond donors (Lipinski definition) is 0. The first-order chi connectivity index (χ1) is 7.74. The van der Waals surface area contributed by atoms with E-state index >= 15 is 0 Å². The summed E-state index contributed by atoms with van der Waals surface area (Å²) >= 11 is 0. The summed E-state index contributed by atoms with van der Waals surface area (Å²) in [5.41, 5.74) is 1.16. The van der Waals surface area contributed by atoms with Gasteiger partial charge in [-0.2, -0.15) is 5.26 Å². The normalized spacial score (nSPS) is 10.1. The zero-order valence-corrected chi connectivity index (χ0v) is 9.98. The number of rotatable bonds is 6. The van der Waals surface area contributed by atoms with Crippen molar-refractivity contribution < 1.29 is 0 Å². The third kappa shape index (κ3) is 4.33. The minimum Gasteiger partial charge on any atom is -0.369 e. The van der Waals surface area contributed by atoms with Gasteiger partial charge in [0, 0.05) is 25.3 Å². The molecule has 0 fully saturated rings. The number of benzene rings is 1. The molecule has 0 saturated carbocycles. The van der Waals surface area contributed by atoms with Crippen LogP contribution in [0.3, 0.4) is 0 Å². The molecule has 16 heavy (non-hydrogen) atoms. The van der Waals surface area contributed by atoms with Crippen LogP contribution in [0.5, 0.6) is 0 Å². The van der Waals surface area contributed by atoms with Crippen LogP contribution >= 0.6 is 0 Å². The van der Waals surface area contributed by atoms with Gasteiger partial charge in [-0.15, -0.1) is 0 Å². The van der Waals surface area contributed by atoms with Gasteiger partial charge in [0.15, 0.2) is 0 Å². The van der Waals surface area contributed by atoms with Crippen LogP contribution in [0.2, 0.25) is 0 Å². The van der Waals surface area contributed by atoms with Crippen molar-refractivity contribution in [3.63, 3.8) is 0 Å². The van der Waals surface area contributed by atoms with Crippen LogP contribution in [-0.2, 0) is 0 Å². The van der Waals surface area contributed by atoms with Gasteiger partial charge >= 0.3 is 0 Å². The van der Waals surface area contributed by atoms with Crippen LogP contribution in [-0.4, -0.2) is 38.6 Å². The molecule has 0 N–H and O–H groups in total. The number of nitriles is 1. The molecule has 85 valence electrons. The molecule has 0 aliphatic heterocycles. The number of likely N-dealkylation sites (N-methyl/N-ethyl adjacent to an activating group) is 1. The van der Waals surface area contributed by atoms with Crippen LogP contribution in [0.15, 0.2) is 24.3 Å². The van der Waals surface area contributed by atoms with Crippen LogP contribution in [0.25, 0.3) is 0 Å². The molecule has 0 amide bonds. The highest BCUT2D eigenvalue weighted by Crippen LogP contribution is 2.12. The monoisotopic (exact) mass is 216 g/mol. The lowest BCUT2D eigenvalue weighted by atomic mass is 10.2. The van der Waals surface area contributed by atoms with Gasteiger partial charge in [0.25, 0.3) is 0 Å². The number of nitrogens with zero attached hydrogens (tertiary/aromatic N) is 3. The molecule has 0 atom stereocenters. The van der Waals surface area contributed by atoms with Gasteiger partial charge < -0.3 is 9.80 Å². The predicted octanol–water partition coefficient (Wildman–Crippen LogP) is 1.77. The molecule has 0 saturated heterocycles. The average Bonchev–Trinajstić information content (AvgIpc) is 2.30. The summed E-state index contributed by atoms with van der Waals surface area (Å²) in [7, 11) is 4.11. The van der Waals surface area contributed by atoms with Gasteiger partial charge in [-0.25, -0.2) is 0 Å². The molecule has 1 rings (SSSR count). The topological polar surface area (TPSA) is 30.3 Å². The average molecular weight is 216 g/mol. The molecule has 0 spiro atoms. The van der Waals surface area contributed by atoms with E-state index in [1.54, 1.807) is 0 Å². The third-order valence-corrected chi connectivity index (χ3v) is 2.38. The summed E-state index contributed by atoms with van der Waals surface area (Å²) in [6.45, 7) is 2.72. The molecule has 3 nitrogen and oxygen atoms in total. The molecule has 1 aromatic rings. The van der Waals surface area contributed by atoms with E-state index in [9.17, 15) is 0 Å². The largest absolute Gasteiger partial charge is 0.369 e. The van der Waals surface area contributed by atoms with Crippen molar-refractivity contribution in [2.75, 3.05) is 38.6 Å². The van der Waals surface area contributed by atoms with E-state index in [4.69, 9.17) is 5.26 Å². The molecule has 0 bridgehead atoms. The SMILES string of the molecule is CN(C)CCN(CCC#N)c1cc[c]cc1. The maximum absolute atomic E-state index is 8.65. The van der Waals surface area contributed by atoms with Crippen molar-refractivity contribution in [3.8, 4) is 6.07 Å². The molecule has 0 aromatic heterocycles. The number of hydrogen-bond acceptors (Lipinski definition) is 3. The van der Waals surface area contributed by atoms with E-state index in [1.165, 1.54) is 0 Å². The minimum atomic E-state index is 0.562. The van der Waals surface area contributed by atoms with Crippen LogP contribution < -0.4 is 4.90 Å². The highest BCUT2D eigenvalue weighted by Gasteiger charge is 2.05. The summed E-state index contributed by atoms with van der Waals surface area (Å²) in [6, 6.07) is 13.1. The first kappa shape index (κ1) is 12.5. The fourth-order valence-electron chi connectivity index (χ4n) is 1.46. The second-order valence-electron chi connectivity index (χ2n) is 3.96. The molecular formula is C13H18N3. The summed E-state index contributed by atoms with van der Waals surface area (Å²) in [5.74, 6) is 0. The molecule has 0 aliphatic carbocycles. The third-order valence-electron chi connectivity index (χ3n) is 2.38. The highest BCUT2D eigenvalue weighted by atomic mass is 15.2. The Morgan fingerprint density at radius 1 is 1.19 bits per heavy atom. The maximum Gasteiger partial charge on any atom is 0.0640 e. The fraction of sp³-hybridized carbons (Fsp3) is 0.462. The zero-order chi connectivity index (χ0) is 11.8. The first-order valence-electron chi connectivity index (χ1n) is 5.47. The Labute approximate surface area is 97.9 Å². The Bertz CT molecular complexity index is 327. The molecular weight excluding hydrogens is 198 g/mol. The van der Waals surface area contributed by atoms with E-state index in [1.807, 2.05) is 24.3 Å². The van der Waals surface area contributed by atoms with Gasteiger partial charge in [-0.05, 0) is 32.3 Å². The first-order valence-corrected chi connectivity index (χ1v) is 5.47. The van der Waals surface area contributed by atoms with Crippen molar-refractivity contribution in [2.45, 2.75) is 6.42 Å². The van der Waals surface area contributed by atoms with Gasteiger partial charge in [0.2, 0.25) is 0 Å². The van der Waals surface area contributed by atoms with Gasteiger partial charge in [-0.1, -0.05) is 12.1 Å². The van der Waals surface area contributed by atoms with Crippen molar-refractivity contribution >= 4 is 5.69 Å². The van der Waals surface area contributed by atoms with Crippen molar-refractivity contribution in [2.24, 2.45) is 0 Å². The Hall–Kier alpha value is -1.53. The lowest BCUT2D eigenvalue weighted by Gasteiger charge is -2.25. The molecule has 0 aliphatic rings. The molecule has 0 unspecified atom stereocenters. The van der Waals surface area contributed by atoms with Crippen LogP contribution in [0.1, 0.15) is 6.42 Å².